The van der Waals surface area contributed by atoms with Crippen LogP contribution in [0.4, 0.5) is 5.69 Å². The van der Waals surface area contributed by atoms with Crippen LogP contribution in [0.5, 0.6) is 11.5 Å². The van der Waals surface area contributed by atoms with Gasteiger partial charge in [-0.25, -0.2) is 0 Å². The normalized spacial score (nSPS) is 16.4. The van der Waals surface area contributed by atoms with Gasteiger partial charge >= 0.3 is 0 Å². The number of benzene rings is 3. The van der Waals surface area contributed by atoms with Gasteiger partial charge in [0.15, 0.2) is 17.0 Å². The molecule has 176 valence electrons. The second kappa shape index (κ2) is 11.5. The Hall–Kier alpha value is -2.90. The lowest BCUT2D eigenvalue weighted by atomic mass is 10.1. The lowest BCUT2D eigenvalue weighted by Gasteiger charge is -2.13. The maximum Gasteiger partial charge on any atom is 0.260 e. The summed E-state index contributed by atoms with van der Waals surface area (Å²) in [5, 5.41) is 6.34. The van der Waals surface area contributed by atoms with Crippen LogP contribution in [0, 0.1) is 0 Å². The molecule has 3 aromatic carbocycles. The van der Waals surface area contributed by atoms with Crippen molar-refractivity contribution in [3.8, 4) is 11.5 Å². The number of nitrogens with one attached hydrogen (secondary N) is 2. The molecule has 1 atom stereocenters. The van der Waals surface area contributed by atoms with E-state index in [0.717, 1.165) is 27.7 Å². The second-order valence-corrected chi connectivity index (χ2v) is 9.79. The Morgan fingerprint density at radius 2 is 1.71 bits per heavy atom. The maximum absolute atomic E-state index is 12.5. The zero-order chi connectivity index (χ0) is 23.9. The molecular formula is C27H27BrN2O3S. The minimum atomic E-state index is -0.217. The van der Waals surface area contributed by atoms with Gasteiger partial charge in [-0.15, -0.1) is 0 Å². The number of anilines is 1. The van der Waals surface area contributed by atoms with Gasteiger partial charge in [-0.2, -0.15) is 0 Å². The van der Waals surface area contributed by atoms with Crippen molar-refractivity contribution in [2.24, 2.45) is 0 Å². The Morgan fingerprint density at radius 3 is 2.41 bits per heavy atom. The third kappa shape index (κ3) is 6.36. The molecule has 2 N–H and O–H groups in total. The molecule has 0 aliphatic carbocycles. The summed E-state index contributed by atoms with van der Waals surface area (Å²) in [7, 11) is 0. The monoisotopic (exact) mass is 538 g/mol. The van der Waals surface area contributed by atoms with Crippen LogP contribution in [-0.4, -0.2) is 18.0 Å². The van der Waals surface area contributed by atoms with Gasteiger partial charge in [0.25, 0.3) is 5.91 Å². The molecule has 1 amide bonds. The number of hydrogen-bond donors (Lipinski definition) is 2. The molecule has 0 radical (unpaired) electrons. The lowest BCUT2D eigenvalue weighted by molar-refractivity contribution is -0.116. The number of hydrogen-bond acceptors (Lipinski definition) is 5. The van der Waals surface area contributed by atoms with Crippen molar-refractivity contribution in [2.45, 2.75) is 32.4 Å². The average molecular weight is 539 g/mol. The Morgan fingerprint density at radius 1 is 0.971 bits per heavy atom. The second-order valence-electron chi connectivity index (χ2n) is 7.73. The van der Waals surface area contributed by atoms with E-state index in [0.29, 0.717) is 29.6 Å². The van der Waals surface area contributed by atoms with Crippen molar-refractivity contribution in [3.63, 3.8) is 0 Å². The molecule has 1 heterocycles. The third-order valence-electron chi connectivity index (χ3n) is 5.26. The molecule has 7 heteroatoms. The first-order valence-corrected chi connectivity index (χ1v) is 12.9. The van der Waals surface area contributed by atoms with Gasteiger partial charge in [0.2, 0.25) is 0 Å². The molecular weight excluding hydrogens is 512 g/mol. The number of carbonyl (C=O) groups excluding carboxylic acids is 1. The molecule has 34 heavy (non-hydrogen) atoms. The van der Waals surface area contributed by atoms with Gasteiger partial charge in [-0.05, 0) is 72.5 Å². The van der Waals surface area contributed by atoms with Crippen LogP contribution in [-0.2, 0) is 17.8 Å². The fraction of sp³-hybridized carbons (Fsp3) is 0.222. The van der Waals surface area contributed by atoms with E-state index in [1.165, 1.54) is 17.3 Å². The molecule has 4 rings (SSSR count). The van der Waals surface area contributed by atoms with E-state index in [1.807, 2.05) is 67.6 Å². The predicted octanol–water partition coefficient (Wildman–Crippen LogP) is 6.59. The van der Waals surface area contributed by atoms with E-state index < -0.39 is 0 Å². The first-order chi connectivity index (χ1) is 16.5. The minimum Gasteiger partial charge on any atom is -0.490 e. The lowest BCUT2D eigenvalue weighted by Crippen LogP contribution is -2.30. The van der Waals surface area contributed by atoms with Crippen LogP contribution >= 0.6 is 27.7 Å². The molecule has 0 spiro atoms. The summed E-state index contributed by atoms with van der Waals surface area (Å²) >= 11 is 4.91. The van der Waals surface area contributed by atoms with Gasteiger partial charge in [-0.1, -0.05) is 64.9 Å². The minimum absolute atomic E-state index is 0.0961. The maximum atomic E-state index is 12.5. The van der Waals surface area contributed by atoms with E-state index in [-0.39, 0.29) is 11.4 Å². The topological polar surface area (TPSA) is 59.6 Å². The predicted molar refractivity (Wildman–Crippen MR) is 143 cm³/mol. The number of aryl methyl sites for hydroxylation is 1. The molecule has 0 bridgehead atoms. The zero-order valence-electron chi connectivity index (χ0n) is 19.1. The van der Waals surface area contributed by atoms with Crippen LogP contribution in [0.1, 0.15) is 30.5 Å². The van der Waals surface area contributed by atoms with Crippen LogP contribution in [0.3, 0.4) is 0 Å². The van der Waals surface area contributed by atoms with E-state index >= 15 is 0 Å². The average Bonchev–Trinajstić information content (AvgIpc) is 3.18. The molecule has 1 fully saturated rings. The van der Waals surface area contributed by atoms with E-state index in [2.05, 4.69) is 45.6 Å². The number of rotatable bonds is 9. The van der Waals surface area contributed by atoms with Gasteiger partial charge in [0.05, 0.1) is 11.5 Å². The third-order valence-corrected chi connectivity index (χ3v) is 6.82. The highest BCUT2D eigenvalue weighted by Crippen LogP contribution is 2.34. The van der Waals surface area contributed by atoms with Gasteiger partial charge < -0.3 is 20.1 Å². The SMILES string of the molecule is CCOc1cc(/C=C2\S[C@@H](Nc3ccc(CC)cc3)NC2=O)ccc1OCc1ccc(Br)cc1. The highest BCUT2D eigenvalue weighted by atomic mass is 79.9. The van der Waals surface area contributed by atoms with E-state index in [4.69, 9.17) is 9.47 Å². The van der Waals surface area contributed by atoms with Gasteiger partial charge in [0.1, 0.15) is 6.61 Å². The molecule has 5 nitrogen and oxygen atoms in total. The summed E-state index contributed by atoms with van der Waals surface area (Å²) in [6.07, 6.45) is 2.88. The molecule has 1 aliphatic heterocycles. The summed E-state index contributed by atoms with van der Waals surface area (Å²) in [6.45, 7) is 5.03. The summed E-state index contributed by atoms with van der Waals surface area (Å²) < 4.78 is 12.9. The number of carbonyl (C=O) groups is 1. The standard InChI is InChI=1S/C27H27BrN2O3S/c1-3-18-7-12-22(13-8-18)29-27-30-26(31)25(34-27)16-20-9-14-23(24(15-20)32-4-2)33-17-19-5-10-21(28)11-6-19/h5-16,27,29H,3-4,17H2,1-2H3,(H,30,31)/b25-16-/t27-/m0/s1. The summed E-state index contributed by atoms with van der Waals surface area (Å²) in [5.41, 5.74) is 3.99. The van der Waals surface area contributed by atoms with Crippen LogP contribution in [0.25, 0.3) is 6.08 Å². The quantitative estimate of drug-likeness (QED) is 0.301. The first kappa shape index (κ1) is 24.2. The van der Waals surface area contributed by atoms with Crippen molar-refractivity contribution >= 4 is 45.4 Å². The fourth-order valence-corrected chi connectivity index (χ4v) is 4.70. The number of thioether (sulfide) groups is 1. The molecule has 0 saturated carbocycles. The van der Waals surface area contributed by atoms with Crippen molar-refractivity contribution < 1.29 is 14.3 Å². The number of amides is 1. The van der Waals surface area contributed by atoms with Crippen molar-refractivity contribution in [1.29, 1.82) is 0 Å². The van der Waals surface area contributed by atoms with Gasteiger partial charge in [0, 0.05) is 10.2 Å². The molecule has 0 aromatic heterocycles. The zero-order valence-corrected chi connectivity index (χ0v) is 21.5. The first-order valence-electron chi connectivity index (χ1n) is 11.2. The molecule has 1 saturated heterocycles. The highest BCUT2D eigenvalue weighted by molar-refractivity contribution is 9.10. The van der Waals surface area contributed by atoms with Crippen LogP contribution < -0.4 is 20.1 Å². The van der Waals surface area contributed by atoms with Crippen molar-refractivity contribution in [3.05, 3.63) is 92.8 Å². The Kier molecular flexibility index (Phi) is 8.19. The molecule has 1 aliphatic rings. The number of ether oxygens (including phenoxy) is 2. The Labute approximate surface area is 213 Å². The summed E-state index contributed by atoms with van der Waals surface area (Å²) in [4.78, 5) is 13.2. The fourth-order valence-electron chi connectivity index (χ4n) is 3.45. The smallest absolute Gasteiger partial charge is 0.260 e. The molecule has 0 unspecified atom stereocenters. The van der Waals surface area contributed by atoms with Crippen molar-refractivity contribution in [2.75, 3.05) is 11.9 Å². The van der Waals surface area contributed by atoms with Gasteiger partial charge in [-0.3, -0.25) is 4.79 Å². The highest BCUT2D eigenvalue weighted by Gasteiger charge is 2.27. The Balaban J connectivity index is 1.44. The van der Waals surface area contributed by atoms with Crippen LogP contribution in [0.2, 0.25) is 0 Å². The number of halogens is 1. The Bertz CT molecular complexity index is 1160. The van der Waals surface area contributed by atoms with E-state index in [9.17, 15) is 4.79 Å². The van der Waals surface area contributed by atoms with Crippen molar-refractivity contribution in [1.82, 2.24) is 5.32 Å². The molecule has 3 aromatic rings. The van der Waals surface area contributed by atoms with Crippen LogP contribution in [0.15, 0.2) is 76.1 Å². The largest absolute Gasteiger partial charge is 0.490 e. The summed E-state index contributed by atoms with van der Waals surface area (Å²) in [5.74, 6) is 1.23. The van der Waals surface area contributed by atoms with E-state index in [1.54, 1.807) is 0 Å². The summed E-state index contributed by atoms with van der Waals surface area (Å²) in [6, 6.07) is 22.0.